The zero-order valence-electron chi connectivity index (χ0n) is 8.46. The first-order valence-corrected chi connectivity index (χ1v) is 5.58. The summed E-state index contributed by atoms with van der Waals surface area (Å²) >= 11 is 5.96. The number of benzene rings is 1. The molecule has 0 saturated carbocycles. The van der Waals surface area contributed by atoms with E-state index in [-0.39, 0.29) is 0 Å². The van der Waals surface area contributed by atoms with E-state index in [2.05, 4.69) is 19.1 Å². The monoisotopic (exact) mass is 209 g/mol. The molecule has 14 heavy (non-hydrogen) atoms. The summed E-state index contributed by atoms with van der Waals surface area (Å²) in [5.41, 5.74) is 8.60. The molecular formula is C12H16ClN. The molecule has 1 aromatic rings. The normalized spacial score (nSPS) is 22.1. The van der Waals surface area contributed by atoms with Gasteiger partial charge < -0.3 is 5.73 Å². The lowest BCUT2D eigenvalue weighted by atomic mass is 9.89. The predicted octanol–water partition coefficient (Wildman–Crippen LogP) is 2.96. The van der Waals surface area contributed by atoms with Crippen molar-refractivity contribution in [3.63, 3.8) is 0 Å². The number of hydrogen-bond acceptors (Lipinski definition) is 1. The molecule has 1 nitrogen and oxygen atoms in total. The fourth-order valence-electron chi connectivity index (χ4n) is 2.37. The SMILES string of the molecule is CC(CN)C1CCc2cc(Cl)ccc21. The minimum atomic E-state index is 0.581. The molecule has 2 N–H and O–H groups in total. The lowest BCUT2D eigenvalue weighted by molar-refractivity contribution is 0.466. The van der Waals surface area contributed by atoms with Gasteiger partial charge in [-0.25, -0.2) is 0 Å². The van der Waals surface area contributed by atoms with Crippen LogP contribution < -0.4 is 5.73 Å². The van der Waals surface area contributed by atoms with Crippen LogP contribution in [-0.2, 0) is 6.42 Å². The first-order valence-electron chi connectivity index (χ1n) is 5.20. The predicted molar refractivity (Wildman–Crippen MR) is 60.7 cm³/mol. The minimum absolute atomic E-state index is 0.581. The Morgan fingerprint density at radius 2 is 2.36 bits per heavy atom. The maximum absolute atomic E-state index is 5.96. The number of nitrogens with two attached hydrogens (primary N) is 1. The molecule has 2 heteroatoms. The molecular weight excluding hydrogens is 194 g/mol. The molecule has 2 rings (SSSR count). The molecule has 0 fully saturated rings. The topological polar surface area (TPSA) is 26.0 Å². The van der Waals surface area contributed by atoms with Crippen LogP contribution in [0.4, 0.5) is 0 Å². The third kappa shape index (κ3) is 1.67. The molecule has 2 unspecified atom stereocenters. The number of halogens is 1. The quantitative estimate of drug-likeness (QED) is 0.797. The summed E-state index contributed by atoms with van der Waals surface area (Å²) in [6.45, 7) is 3.00. The number of hydrogen-bond donors (Lipinski definition) is 1. The van der Waals surface area contributed by atoms with E-state index >= 15 is 0 Å². The van der Waals surface area contributed by atoms with Crippen LogP contribution in [0.1, 0.15) is 30.4 Å². The van der Waals surface area contributed by atoms with Crippen molar-refractivity contribution in [1.82, 2.24) is 0 Å². The summed E-state index contributed by atoms with van der Waals surface area (Å²) in [6, 6.07) is 6.25. The van der Waals surface area contributed by atoms with Gasteiger partial charge in [0.15, 0.2) is 0 Å². The average molecular weight is 210 g/mol. The van der Waals surface area contributed by atoms with Crippen molar-refractivity contribution in [2.75, 3.05) is 6.54 Å². The highest BCUT2D eigenvalue weighted by atomic mass is 35.5. The molecule has 76 valence electrons. The van der Waals surface area contributed by atoms with Crippen LogP contribution in [0.5, 0.6) is 0 Å². The smallest absolute Gasteiger partial charge is 0.0408 e. The fraction of sp³-hybridized carbons (Fsp3) is 0.500. The lowest BCUT2D eigenvalue weighted by Gasteiger charge is -2.18. The Hall–Kier alpha value is -0.530. The van der Waals surface area contributed by atoms with Crippen LogP contribution in [0.2, 0.25) is 5.02 Å². The van der Waals surface area contributed by atoms with E-state index in [0.717, 1.165) is 18.0 Å². The van der Waals surface area contributed by atoms with Gasteiger partial charge in [0, 0.05) is 5.02 Å². The van der Waals surface area contributed by atoms with E-state index in [9.17, 15) is 0 Å². The van der Waals surface area contributed by atoms with Crippen LogP contribution in [0.3, 0.4) is 0 Å². The second-order valence-electron chi connectivity index (χ2n) is 4.20. The van der Waals surface area contributed by atoms with E-state index in [1.165, 1.54) is 17.5 Å². The molecule has 1 aliphatic carbocycles. The molecule has 0 radical (unpaired) electrons. The van der Waals surface area contributed by atoms with E-state index in [1.807, 2.05) is 6.07 Å². The van der Waals surface area contributed by atoms with Crippen molar-refractivity contribution in [1.29, 1.82) is 0 Å². The Labute approximate surface area is 90.3 Å². The second kappa shape index (κ2) is 3.92. The fourth-order valence-corrected chi connectivity index (χ4v) is 2.57. The van der Waals surface area contributed by atoms with Gasteiger partial charge in [-0.2, -0.15) is 0 Å². The van der Waals surface area contributed by atoms with Crippen LogP contribution in [0.25, 0.3) is 0 Å². The Morgan fingerprint density at radius 1 is 1.57 bits per heavy atom. The molecule has 0 heterocycles. The molecule has 0 saturated heterocycles. The molecule has 0 spiro atoms. The zero-order valence-corrected chi connectivity index (χ0v) is 9.22. The molecule has 0 aromatic heterocycles. The van der Waals surface area contributed by atoms with E-state index in [1.54, 1.807) is 0 Å². The maximum atomic E-state index is 5.96. The Morgan fingerprint density at radius 3 is 3.07 bits per heavy atom. The average Bonchev–Trinajstić information content (AvgIpc) is 2.59. The third-order valence-electron chi connectivity index (χ3n) is 3.29. The van der Waals surface area contributed by atoms with Gasteiger partial charge >= 0.3 is 0 Å². The highest BCUT2D eigenvalue weighted by molar-refractivity contribution is 6.30. The maximum Gasteiger partial charge on any atom is 0.0408 e. The standard InChI is InChI=1S/C12H16ClN/c1-8(7-14)11-4-2-9-6-10(13)3-5-12(9)11/h3,5-6,8,11H,2,4,7,14H2,1H3. The van der Waals surface area contributed by atoms with Crippen molar-refractivity contribution in [2.45, 2.75) is 25.7 Å². The van der Waals surface area contributed by atoms with Gasteiger partial charge in [0.2, 0.25) is 0 Å². The molecule has 0 aliphatic heterocycles. The number of fused-ring (bicyclic) bond motifs is 1. The van der Waals surface area contributed by atoms with Crippen LogP contribution in [0.15, 0.2) is 18.2 Å². The van der Waals surface area contributed by atoms with Crippen molar-refractivity contribution in [3.05, 3.63) is 34.3 Å². The Balaban J connectivity index is 2.31. The molecule has 0 bridgehead atoms. The lowest BCUT2D eigenvalue weighted by Crippen LogP contribution is -2.17. The Bertz CT molecular complexity index is 335. The summed E-state index contributed by atoms with van der Waals surface area (Å²) in [7, 11) is 0. The first-order chi connectivity index (χ1) is 6.72. The van der Waals surface area contributed by atoms with Gasteiger partial charge in [0.1, 0.15) is 0 Å². The summed E-state index contributed by atoms with van der Waals surface area (Å²) in [4.78, 5) is 0. The van der Waals surface area contributed by atoms with Gasteiger partial charge in [0.05, 0.1) is 0 Å². The summed E-state index contributed by atoms with van der Waals surface area (Å²) in [6.07, 6.45) is 2.39. The molecule has 1 aromatic carbocycles. The van der Waals surface area contributed by atoms with Crippen LogP contribution in [-0.4, -0.2) is 6.54 Å². The van der Waals surface area contributed by atoms with Gasteiger partial charge in [0.25, 0.3) is 0 Å². The van der Waals surface area contributed by atoms with Gasteiger partial charge in [-0.3, -0.25) is 0 Å². The molecule has 2 atom stereocenters. The number of aryl methyl sites for hydroxylation is 1. The summed E-state index contributed by atoms with van der Waals surface area (Å²) in [5, 5.41) is 0.852. The van der Waals surface area contributed by atoms with E-state index < -0.39 is 0 Å². The highest BCUT2D eigenvalue weighted by Crippen LogP contribution is 2.38. The van der Waals surface area contributed by atoms with Crippen LogP contribution in [0, 0.1) is 5.92 Å². The number of rotatable bonds is 2. The van der Waals surface area contributed by atoms with Crippen LogP contribution >= 0.6 is 11.6 Å². The van der Waals surface area contributed by atoms with Gasteiger partial charge in [-0.05, 0) is 54.5 Å². The van der Waals surface area contributed by atoms with Crippen molar-refractivity contribution in [2.24, 2.45) is 11.7 Å². The van der Waals surface area contributed by atoms with Gasteiger partial charge in [-0.1, -0.05) is 24.6 Å². The van der Waals surface area contributed by atoms with E-state index in [0.29, 0.717) is 11.8 Å². The first kappa shape index (κ1) is 10.0. The summed E-state index contributed by atoms with van der Waals surface area (Å²) in [5.74, 6) is 1.23. The van der Waals surface area contributed by atoms with Gasteiger partial charge in [-0.15, -0.1) is 0 Å². The zero-order chi connectivity index (χ0) is 10.1. The molecule has 0 amide bonds. The van der Waals surface area contributed by atoms with E-state index in [4.69, 9.17) is 17.3 Å². The highest BCUT2D eigenvalue weighted by Gasteiger charge is 2.26. The summed E-state index contributed by atoms with van der Waals surface area (Å²) < 4.78 is 0. The van der Waals surface area contributed by atoms with Crippen molar-refractivity contribution in [3.8, 4) is 0 Å². The minimum Gasteiger partial charge on any atom is -0.330 e. The van der Waals surface area contributed by atoms with Crippen molar-refractivity contribution >= 4 is 11.6 Å². The molecule has 1 aliphatic rings. The van der Waals surface area contributed by atoms with Crippen molar-refractivity contribution < 1.29 is 0 Å². The Kier molecular flexibility index (Phi) is 2.80. The largest absolute Gasteiger partial charge is 0.330 e. The second-order valence-corrected chi connectivity index (χ2v) is 4.64. The third-order valence-corrected chi connectivity index (χ3v) is 3.52.